The van der Waals surface area contributed by atoms with Crippen molar-refractivity contribution in [2.45, 2.75) is 38.7 Å². The van der Waals surface area contributed by atoms with Gasteiger partial charge in [0.1, 0.15) is 0 Å². The second kappa shape index (κ2) is 6.67. The molecule has 1 rings (SSSR count). The monoisotopic (exact) mass is 312 g/mol. The van der Waals surface area contributed by atoms with Crippen molar-refractivity contribution in [1.29, 1.82) is 0 Å². The van der Waals surface area contributed by atoms with Gasteiger partial charge in [-0.2, -0.15) is 0 Å². The molecule has 1 aromatic rings. The SMILES string of the molecule is CN(CC(C)(C)O)C(=O)NCC(C)(C)c1cccc(Cl)c1. The van der Waals surface area contributed by atoms with Gasteiger partial charge in [-0.3, -0.25) is 0 Å². The van der Waals surface area contributed by atoms with E-state index in [1.54, 1.807) is 20.9 Å². The highest BCUT2D eigenvalue weighted by atomic mass is 35.5. The molecule has 2 amide bonds. The van der Waals surface area contributed by atoms with E-state index in [-0.39, 0.29) is 18.0 Å². The second-order valence-corrected chi connectivity index (χ2v) is 7.16. The van der Waals surface area contributed by atoms with Crippen LogP contribution in [0.3, 0.4) is 0 Å². The van der Waals surface area contributed by atoms with Gasteiger partial charge in [-0.1, -0.05) is 37.6 Å². The van der Waals surface area contributed by atoms with Crippen LogP contribution in [-0.4, -0.2) is 41.8 Å². The lowest BCUT2D eigenvalue weighted by Gasteiger charge is -2.29. The third kappa shape index (κ3) is 5.94. The van der Waals surface area contributed by atoms with Crippen molar-refractivity contribution in [2.24, 2.45) is 0 Å². The molecule has 21 heavy (non-hydrogen) atoms. The summed E-state index contributed by atoms with van der Waals surface area (Å²) >= 11 is 6.01. The van der Waals surface area contributed by atoms with Crippen LogP contribution in [0.5, 0.6) is 0 Å². The minimum Gasteiger partial charge on any atom is -0.389 e. The number of nitrogens with one attached hydrogen (secondary N) is 1. The first kappa shape index (κ1) is 17.8. The molecule has 0 aliphatic carbocycles. The number of benzene rings is 1. The number of carbonyl (C=O) groups is 1. The normalized spacial score (nSPS) is 12.1. The Balaban J connectivity index is 2.63. The molecule has 0 saturated heterocycles. The lowest BCUT2D eigenvalue weighted by atomic mass is 9.84. The molecule has 4 nitrogen and oxygen atoms in total. The Hall–Kier alpha value is -1.26. The number of amides is 2. The van der Waals surface area contributed by atoms with Gasteiger partial charge >= 0.3 is 6.03 Å². The molecule has 0 bridgehead atoms. The van der Waals surface area contributed by atoms with E-state index in [0.717, 1.165) is 5.56 Å². The molecular weight excluding hydrogens is 288 g/mol. The van der Waals surface area contributed by atoms with Gasteiger partial charge in [0.2, 0.25) is 0 Å². The zero-order chi connectivity index (χ0) is 16.3. The molecule has 0 radical (unpaired) electrons. The summed E-state index contributed by atoms with van der Waals surface area (Å²) in [7, 11) is 1.67. The topological polar surface area (TPSA) is 52.6 Å². The fraction of sp³-hybridized carbons (Fsp3) is 0.562. The second-order valence-electron chi connectivity index (χ2n) is 6.72. The van der Waals surface area contributed by atoms with Gasteiger partial charge in [0.05, 0.1) is 12.1 Å². The Labute approximate surface area is 132 Å². The van der Waals surface area contributed by atoms with E-state index >= 15 is 0 Å². The molecule has 0 aromatic heterocycles. The zero-order valence-corrected chi connectivity index (χ0v) is 14.2. The van der Waals surface area contributed by atoms with E-state index in [1.807, 2.05) is 24.3 Å². The number of aliphatic hydroxyl groups is 1. The van der Waals surface area contributed by atoms with Gasteiger partial charge in [0, 0.05) is 24.0 Å². The lowest BCUT2D eigenvalue weighted by Crippen LogP contribution is -2.47. The number of halogens is 1. The predicted octanol–water partition coefficient (Wildman–Crippen LogP) is 3.03. The molecule has 0 spiro atoms. The summed E-state index contributed by atoms with van der Waals surface area (Å²) in [6.45, 7) is 8.21. The number of nitrogens with zero attached hydrogens (tertiary/aromatic N) is 1. The summed E-state index contributed by atoms with van der Waals surface area (Å²) in [5.74, 6) is 0. The summed E-state index contributed by atoms with van der Waals surface area (Å²) in [6.07, 6.45) is 0. The van der Waals surface area contributed by atoms with E-state index < -0.39 is 5.60 Å². The quantitative estimate of drug-likeness (QED) is 0.878. The molecule has 0 aliphatic heterocycles. The van der Waals surface area contributed by atoms with Crippen LogP contribution in [0.25, 0.3) is 0 Å². The van der Waals surface area contributed by atoms with Gasteiger partial charge in [-0.05, 0) is 31.5 Å². The first-order valence-corrected chi connectivity index (χ1v) is 7.36. The van der Waals surface area contributed by atoms with Crippen molar-refractivity contribution in [2.75, 3.05) is 20.1 Å². The van der Waals surface area contributed by atoms with Crippen LogP contribution in [-0.2, 0) is 5.41 Å². The molecular formula is C16H25ClN2O2. The number of hydrogen-bond donors (Lipinski definition) is 2. The summed E-state index contributed by atoms with van der Waals surface area (Å²) < 4.78 is 0. The van der Waals surface area contributed by atoms with Crippen LogP contribution in [0.2, 0.25) is 5.02 Å². The highest BCUT2D eigenvalue weighted by Gasteiger charge is 2.24. The largest absolute Gasteiger partial charge is 0.389 e. The van der Waals surface area contributed by atoms with Crippen molar-refractivity contribution in [3.63, 3.8) is 0 Å². The average molecular weight is 313 g/mol. The fourth-order valence-electron chi connectivity index (χ4n) is 2.10. The van der Waals surface area contributed by atoms with Crippen molar-refractivity contribution < 1.29 is 9.90 Å². The average Bonchev–Trinajstić information content (AvgIpc) is 2.34. The standard InChI is InChI=1S/C16H25ClN2O2/c1-15(2,12-7-6-8-13(17)9-12)10-18-14(20)19(5)11-16(3,4)21/h6-9,21H,10-11H2,1-5H3,(H,18,20). The minimum absolute atomic E-state index is 0.202. The van der Waals surface area contributed by atoms with E-state index in [1.165, 1.54) is 4.90 Å². The highest BCUT2D eigenvalue weighted by Crippen LogP contribution is 2.24. The fourth-order valence-corrected chi connectivity index (χ4v) is 2.29. The van der Waals surface area contributed by atoms with Gasteiger partial charge in [0.25, 0.3) is 0 Å². The van der Waals surface area contributed by atoms with Crippen molar-refractivity contribution in [1.82, 2.24) is 10.2 Å². The third-order valence-corrected chi connectivity index (χ3v) is 3.49. The van der Waals surface area contributed by atoms with Gasteiger partial charge < -0.3 is 15.3 Å². The first-order chi connectivity index (χ1) is 9.51. The summed E-state index contributed by atoms with van der Waals surface area (Å²) in [5, 5.41) is 13.3. The number of urea groups is 1. The van der Waals surface area contributed by atoms with Crippen molar-refractivity contribution in [3.05, 3.63) is 34.9 Å². The summed E-state index contributed by atoms with van der Waals surface area (Å²) in [6, 6.07) is 7.44. The maximum atomic E-state index is 12.0. The van der Waals surface area contributed by atoms with E-state index in [2.05, 4.69) is 19.2 Å². The number of likely N-dealkylation sites (N-methyl/N-ethyl adjacent to an activating group) is 1. The highest BCUT2D eigenvalue weighted by molar-refractivity contribution is 6.30. The van der Waals surface area contributed by atoms with Crippen LogP contribution in [0.4, 0.5) is 4.79 Å². The molecule has 0 unspecified atom stereocenters. The molecule has 0 saturated carbocycles. The predicted molar refractivity (Wildman–Crippen MR) is 86.8 cm³/mol. The van der Waals surface area contributed by atoms with Gasteiger partial charge in [-0.15, -0.1) is 0 Å². The van der Waals surface area contributed by atoms with E-state index in [0.29, 0.717) is 11.6 Å². The zero-order valence-electron chi connectivity index (χ0n) is 13.4. The maximum absolute atomic E-state index is 12.0. The Kier molecular flexibility index (Phi) is 5.65. The Bertz CT molecular complexity index is 495. The van der Waals surface area contributed by atoms with Crippen LogP contribution < -0.4 is 5.32 Å². The molecule has 118 valence electrons. The van der Waals surface area contributed by atoms with Crippen LogP contribution in [0.1, 0.15) is 33.3 Å². The first-order valence-electron chi connectivity index (χ1n) is 6.99. The van der Waals surface area contributed by atoms with Crippen molar-refractivity contribution in [3.8, 4) is 0 Å². The number of rotatable bonds is 5. The van der Waals surface area contributed by atoms with E-state index in [9.17, 15) is 9.90 Å². The van der Waals surface area contributed by atoms with Gasteiger partial charge in [0.15, 0.2) is 0 Å². The summed E-state index contributed by atoms with van der Waals surface area (Å²) in [5.41, 5.74) is -0.0644. The van der Waals surface area contributed by atoms with Gasteiger partial charge in [-0.25, -0.2) is 4.79 Å². The Morgan fingerprint density at radius 1 is 1.33 bits per heavy atom. The summed E-state index contributed by atoms with van der Waals surface area (Å²) in [4.78, 5) is 13.5. The Morgan fingerprint density at radius 3 is 2.48 bits per heavy atom. The molecule has 2 N–H and O–H groups in total. The van der Waals surface area contributed by atoms with Crippen LogP contribution in [0.15, 0.2) is 24.3 Å². The third-order valence-electron chi connectivity index (χ3n) is 3.26. The molecule has 0 aliphatic rings. The van der Waals surface area contributed by atoms with E-state index in [4.69, 9.17) is 11.6 Å². The molecule has 5 heteroatoms. The van der Waals surface area contributed by atoms with Crippen LogP contribution in [0, 0.1) is 0 Å². The molecule has 0 heterocycles. The Morgan fingerprint density at radius 2 is 1.95 bits per heavy atom. The maximum Gasteiger partial charge on any atom is 0.317 e. The lowest BCUT2D eigenvalue weighted by molar-refractivity contribution is 0.0530. The van der Waals surface area contributed by atoms with Crippen LogP contribution >= 0.6 is 11.6 Å². The minimum atomic E-state index is -0.908. The molecule has 0 fully saturated rings. The number of carbonyl (C=O) groups excluding carboxylic acids is 1. The molecule has 1 aromatic carbocycles. The smallest absolute Gasteiger partial charge is 0.317 e. The number of hydrogen-bond acceptors (Lipinski definition) is 2. The molecule has 0 atom stereocenters. The van der Waals surface area contributed by atoms with Crippen molar-refractivity contribution >= 4 is 17.6 Å².